The Balaban J connectivity index is 2.22. The lowest BCUT2D eigenvalue weighted by atomic mass is 9.96. The van der Waals surface area contributed by atoms with E-state index in [2.05, 4.69) is 0 Å². The van der Waals surface area contributed by atoms with Gasteiger partial charge in [0.15, 0.2) is 0 Å². The number of nitrogens with two attached hydrogens (primary N) is 2. The number of amides is 1. The van der Waals surface area contributed by atoms with E-state index in [9.17, 15) is 9.18 Å². The van der Waals surface area contributed by atoms with Crippen molar-refractivity contribution in [2.24, 2.45) is 11.5 Å². The maximum atomic E-state index is 12.9. The molecule has 18 heavy (non-hydrogen) atoms. The van der Waals surface area contributed by atoms with Gasteiger partial charge in [0, 0.05) is 4.90 Å². The average molecular weight is 270 g/mol. The van der Waals surface area contributed by atoms with Gasteiger partial charge in [0.1, 0.15) is 5.82 Å². The first-order valence-electron chi connectivity index (χ1n) is 5.89. The van der Waals surface area contributed by atoms with Crippen LogP contribution in [0, 0.1) is 5.82 Å². The molecule has 5 heteroatoms. The zero-order valence-electron chi connectivity index (χ0n) is 10.5. The van der Waals surface area contributed by atoms with Crippen molar-refractivity contribution in [3.63, 3.8) is 0 Å². The first kappa shape index (κ1) is 15.0. The molecule has 1 atom stereocenters. The first-order chi connectivity index (χ1) is 8.42. The maximum absolute atomic E-state index is 12.9. The molecule has 0 saturated heterocycles. The van der Waals surface area contributed by atoms with Gasteiger partial charge in [-0.15, -0.1) is 11.8 Å². The summed E-state index contributed by atoms with van der Waals surface area (Å²) in [5.74, 6) is 0.182. The van der Waals surface area contributed by atoms with Gasteiger partial charge >= 0.3 is 0 Å². The summed E-state index contributed by atoms with van der Waals surface area (Å²) >= 11 is 1.60. The van der Waals surface area contributed by atoms with E-state index in [1.54, 1.807) is 24.8 Å². The van der Waals surface area contributed by atoms with Crippen LogP contribution in [-0.2, 0) is 4.79 Å². The van der Waals surface area contributed by atoms with Gasteiger partial charge in [-0.1, -0.05) is 12.5 Å². The minimum absolute atomic E-state index is 0.219. The minimum Gasteiger partial charge on any atom is -0.368 e. The van der Waals surface area contributed by atoms with Gasteiger partial charge in [0.05, 0.1) is 5.54 Å². The van der Waals surface area contributed by atoms with E-state index in [0.717, 1.165) is 23.5 Å². The summed E-state index contributed by atoms with van der Waals surface area (Å²) in [6, 6.07) is 6.52. The zero-order valence-corrected chi connectivity index (χ0v) is 11.3. The third-order valence-corrected chi connectivity index (χ3v) is 3.80. The number of halogens is 1. The lowest BCUT2D eigenvalue weighted by Crippen LogP contribution is -2.49. The second kappa shape index (κ2) is 6.75. The molecular formula is C13H19FN2OS. The second-order valence-corrected chi connectivity index (χ2v) is 5.71. The van der Waals surface area contributed by atoms with Gasteiger partial charge in [-0.25, -0.2) is 4.39 Å². The molecule has 1 unspecified atom stereocenters. The summed E-state index contributed by atoms with van der Waals surface area (Å²) < 4.78 is 12.9. The number of hydrogen-bond donors (Lipinski definition) is 2. The Kier molecular flexibility index (Phi) is 5.62. The summed E-state index contributed by atoms with van der Waals surface area (Å²) in [4.78, 5) is 11.9. The lowest BCUT2D eigenvalue weighted by Gasteiger charge is -2.19. The fourth-order valence-electron chi connectivity index (χ4n) is 1.46. The molecular weight excluding hydrogens is 251 g/mol. The predicted molar refractivity (Wildman–Crippen MR) is 72.8 cm³/mol. The molecule has 0 aliphatic heterocycles. The summed E-state index contributed by atoms with van der Waals surface area (Å²) in [5, 5.41) is 0. The number of hydrogen-bond acceptors (Lipinski definition) is 3. The monoisotopic (exact) mass is 270 g/mol. The molecule has 0 aliphatic rings. The van der Waals surface area contributed by atoms with Crippen molar-refractivity contribution in [2.75, 3.05) is 5.75 Å². The van der Waals surface area contributed by atoms with Crippen LogP contribution in [0.15, 0.2) is 29.2 Å². The van der Waals surface area contributed by atoms with Crippen LogP contribution in [0.5, 0.6) is 0 Å². The molecule has 0 saturated carbocycles. The summed E-state index contributed by atoms with van der Waals surface area (Å²) in [5.41, 5.74) is 10.00. The van der Waals surface area contributed by atoms with E-state index in [1.165, 1.54) is 12.1 Å². The molecule has 0 heterocycles. The molecule has 3 nitrogen and oxygen atoms in total. The number of carbonyl (C=O) groups excluding carboxylic acids is 1. The summed E-state index contributed by atoms with van der Waals surface area (Å²) in [7, 11) is 0. The van der Waals surface area contributed by atoms with Gasteiger partial charge in [-0.2, -0.15) is 0 Å². The van der Waals surface area contributed by atoms with Crippen molar-refractivity contribution >= 4 is 17.7 Å². The Morgan fingerprint density at radius 2 is 2.17 bits per heavy atom. The molecule has 0 bridgehead atoms. The van der Waals surface area contributed by atoms with Gasteiger partial charge in [-0.05, 0) is 43.7 Å². The molecule has 4 N–H and O–H groups in total. The normalized spacial score (nSPS) is 14.2. The molecule has 0 aliphatic carbocycles. The summed E-state index contributed by atoms with van der Waals surface area (Å²) in [6.07, 6.45) is 2.32. The smallest absolute Gasteiger partial charge is 0.237 e. The van der Waals surface area contributed by atoms with Gasteiger partial charge in [0.2, 0.25) is 5.91 Å². The van der Waals surface area contributed by atoms with E-state index in [-0.39, 0.29) is 5.82 Å². The van der Waals surface area contributed by atoms with Crippen molar-refractivity contribution in [3.05, 3.63) is 30.1 Å². The fourth-order valence-corrected chi connectivity index (χ4v) is 2.42. The molecule has 0 aromatic heterocycles. The fraction of sp³-hybridized carbons (Fsp3) is 0.462. The highest BCUT2D eigenvalue weighted by Gasteiger charge is 2.24. The third-order valence-electron chi connectivity index (χ3n) is 2.72. The standard InChI is InChI=1S/C13H19FN2OS/c1-13(16,12(15)17)7-2-3-8-18-11-6-4-5-10(14)9-11/h4-6,9H,2-3,7-8,16H2,1H3,(H2,15,17). The third kappa shape index (κ3) is 5.06. The highest BCUT2D eigenvalue weighted by atomic mass is 32.2. The molecule has 0 spiro atoms. The van der Waals surface area contributed by atoms with Crippen molar-refractivity contribution < 1.29 is 9.18 Å². The Morgan fingerprint density at radius 1 is 1.44 bits per heavy atom. The second-order valence-electron chi connectivity index (χ2n) is 4.54. The van der Waals surface area contributed by atoms with Crippen molar-refractivity contribution in [2.45, 2.75) is 36.6 Å². The summed E-state index contributed by atoms with van der Waals surface area (Å²) in [6.45, 7) is 1.65. The molecule has 100 valence electrons. The van der Waals surface area contributed by atoms with Crippen LogP contribution in [0.4, 0.5) is 4.39 Å². The van der Waals surface area contributed by atoms with Crippen LogP contribution in [0.3, 0.4) is 0 Å². The number of thioether (sulfide) groups is 1. The molecule has 1 aromatic rings. The van der Waals surface area contributed by atoms with Crippen molar-refractivity contribution in [3.8, 4) is 0 Å². The Bertz CT molecular complexity index is 410. The van der Waals surface area contributed by atoms with Crippen molar-refractivity contribution in [1.29, 1.82) is 0 Å². The SMILES string of the molecule is CC(N)(CCCCSc1cccc(F)c1)C(N)=O. The number of primary amides is 1. The van der Waals surface area contributed by atoms with Crippen LogP contribution in [0.1, 0.15) is 26.2 Å². The highest BCUT2D eigenvalue weighted by Crippen LogP contribution is 2.21. The minimum atomic E-state index is -0.927. The number of carbonyl (C=O) groups is 1. The quantitative estimate of drug-likeness (QED) is 0.590. The average Bonchev–Trinajstić information content (AvgIpc) is 2.28. The van der Waals surface area contributed by atoms with E-state index in [4.69, 9.17) is 11.5 Å². The molecule has 0 radical (unpaired) electrons. The molecule has 1 amide bonds. The van der Waals surface area contributed by atoms with Crippen LogP contribution in [-0.4, -0.2) is 17.2 Å². The van der Waals surface area contributed by atoms with Gasteiger partial charge in [0.25, 0.3) is 0 Å². The van der Waals surface area contributed by atoms with E-state index in [0.29, 0.717) is 6.42 Å². The molecule has 1 aromatic carbocycles. The zero-order chi connectivity index (χ0) is 13.6. The van der Waals surface area contributed by atoms with Crippen molar-refractivity contribution in [1.82, 2.24) is 0 Å². The molecule has 0 fully saturated rings. The van der Waals surface area contributed by atoms with E-state index < -0.39 is 11.4 Å². The first-order valence-corrected chi connectivity index (χ1v) is 6.87. The number of unbranched alkanes of at least 4 members (excludes halogenated alkanes) is 1. The number of benzene rings is 1. The Morgan fingerprint density at radius 3 is 2.78 bits per heavy atom. The van der Waals surface area contributed by atoms with Crippen LogP contribution in [0.2, 0.25) is 0 Å². The topological polar surface area (TPSA) is 69.1 Å². The van der Waals surface area contributed by atoms with Gasteiger partial charge in [-0.3, -0.25) is 4.79 Å². The highest BCUT2D eigenvalue weighted by molar-refractivity contribution is 7.99. The predicted octanol–water partition coefficient (Wildman–Crippen LogP) is 2.29. The Hall–Kier alpha value is -1.07. The lowest BCUT2D eigenvalue weighted by molar-refractivity contribution is -0.122. The maximum Gasteiger partial charge on any atom is 0.237 e. The van der Waals surface area contributed by atoms with E-state index >= 15 is 0 Å². The van der Waals surface area contributed by atoms with Crippen LogP contribution in [0.25, 0.3) is 0 Å². The number of rotatable bonds is 7. The largest absolute Gasteiger partial charge is 0.368 e. The van der Waals surface area contributed by atoms with Crippen LogP contribution >= 0.6 is 11.8 Å². The molecule has 1 rings (SSSR count). The van der Waals surface area contributed by atoms with Crippen LogP contribution < -0.4 is 11.5 Å². The van der Waals surface area contributed by atoms with Gasteiger partial charge < -0.3 is 11.5 Å². The van der Waals surface area contributed by atoms with E-state index in [1.807, 2.05) is 6.07 Å². The Labute approximate surface area is 111 Å².